The zero-order valence-electron chi connectivity index (χ0n) is 9.57. The van der Waals surface area contributed by atoms with E-state index in [2.05, 4.69) is 15.9 Å². The lowest BCUT2D eigenvalue weighted by Crippen LogP contribution is -2.14. The lowest BCUT2D eigenvalue weighted by Gasteiger charge is -2.11. The van der Waals surface area contributed by atoms with E-state index >= 15 is 0 Å². The summed E-state index contributed by atoms with van der Waals surface area (Å²) in [5, 5.41) is 8.92. The first-order chi connectivity index (χ1) is 7.95. The summed E-state index contributed by atoms with van der Waals surface area (Å²) in [5.41, 5.74) is 0.287. The number of carboxylic acids is 1. The quantitative estimate of drug-likeness (QED) is 0.868. The molecule has 0 saturated heterocycles. The molecule has 1 aromatic carbocycles. The molecule has 0 aliphatic heterocycles. The number of carbonyl (C=O) groups excluding carboxylic acids is 1. The van der Waals surface area contributed by atoms with Crippen LogP contribution in [0.3, 0.4) is 0 Å². The smallest absolute Gasteiger partial charge is 0.338 e. The average molecular weight is 301 g/mol. The summed E-state index contributed by atoms with van der Waals surface area (Å²) >= 11 is 3.11. The van der Waals surface area contributed by atoms with Crippen LogP contribution in [0.15, 0.2) is 22.7 Å². The number of ether oxygens (including phenoxy) is 1. The normalized spacial score (nSPS) is 11.9. The Morgan fingerprint density at radius 1 is 1.47 bits per heavy atom. The van der Waals surface area contributed by atoms with Crippen molar-refractivity contribution in [3.63, 3.8) is 0 Å². The van der Waals surface area contributed by atoms with Gasteiger partial charge >= 0.3 is 11.9 Å². The predicted molar refractivity (Wildman–Crippen MR) is 66.3 cm³/mol. The minimum Gasteiger partial charge on any atom is -0.478 e. The number of hydrogen-bond donors (Lipinski definition) is 1. The van der Waals surface area contributed by atoms with E-state index in [4.69, 9.17) is 9.84 Å². The molecule has 1 atom stereocenters. The van der Waals surface area contributed by atoms with Gasteiger partial charge in [0.15, 0.2) is 0 Å². The first-order valence-corrected chi connectivity index (χ1v) is 5.98. The molecule has 0 aliphatic carbocycles. The first-order valence-electron chi connectivity index (χ1n) is 5.19. The molecule has 1 aromatic rings. The second kappa shape index (κ2) is 5.82. The molecule has 0 saturated carbocycles. The molecule has 0 aliphatic rings. The fourth-order valence-corrected chi connectivity index (χ4v) is 1.57. The number of carbonyl (C=O) groups is 2. The van der Waals surface area contributed by atoms with E-state index in [1.807, 2.05) is 6.92 Å². The van der Waals surface area contributed by atoms with Crippen molar-refractivity contribution in [3.8, 4) is 0 Å². The number of aromatic carboxylic acids is 1. The van der Waals surface area contributed by atoms with Crippen molar-refractivity contribution in [1.29, 1.82) is 0 Å². The molecule has 5 heteroatoms. The molecule has 17 heavy (non-hydrogen) atoms. The van der Waals surface area contributed by atoms with Gasteiger partial charge in [0.25, 0.3) is 0 Å². The fraction of sp³-hybridized carbons (Fsp3) is 0.333. The molecule has 4 nitrogen and oxygen atoms in total. The summed E-state index contributed by atoms with van der Waals surface area (Å²) in [6, 6.07) is 4.36. The van der Waals surface area contributed by atoms with Crippen molar-refractivity contribution in [2.24, 2.45) is 0 Å². The maximum atomic E-state index is 11.7. The molecule has 1 rings (SSSR count). The number of carboxylic acid groups (broad SMARTS) is 1. The van der Waals surface area contributed by atoms with E-state index in [-0.39, 0.29) is 17.2 Å². The van der Waals surface area contributed by atoms with Crippen molar-refractivity contribution < 1.29 is 19.4 Å². The lowest BCUT2D eigenvalue weighted by atomic mass is 10.1. The zero-order valence-corrected chi connectivity index (χ0v) is 11.2. The number of rotatable bonds is 4. The zero-order chi connectivity index (χ0) is 13.0. The van der Waals surface area contributed by atoms with Crippen molar-refractivity contribution in [1.82, 2.24) is 0 Å². The molecule has 0 spiro atoms. The Labute approximate surface area is 108 Å². The highest BCUT2D eigenvalue weighted by Gasteiger charge is 2.15. The molecule has 0 bridgehead atoms. The van der Waals surface area contributed by atoms with Crippen LogP contribution in [0.2, 0.25) is 0 Å². The lowest BCUT2D eigenvalue weighted by molar-refractivity contribution is 0.0334. The minimum absolute atomic E-state index is 0.0450. The molecule has 0 amide bonds. The maximum absolute atomic E-state index is 11.7. The van der Waals surface area contributed by atoms with E-state index in [0.717, 1.165) is 0 Å². The summed E-state index contributed by atoms with van der Waals surface area (Å²) in [5.74, 6) is -1.59. The van der Waals surface area contributed by atoms with Gasteiger partial charge in [-0.15, -0.1) is 0 Å². The predicted octanol–water partition coefficient (Wildman–Crippen LogP) is 3.10. The van der Waals surface area contributed by atoms with Crippen LogP contribution in [0.4, 0.5) is 0 Å². The summed E-state index contributed by atoms with van der Waals surface area (Å²) in [7, 11) is 0. The van der Waals surface area contributed by atoms with Gasteiger partial charge < -0.3 is 9.84 Å². The van der Waals surface area contributed by atoms with Crippen molar-refractivity contribution >= 4 is 27.9 Å². The van der Waals surface area contributed by atoms with Crippen LogP contribution in [-0.2, 0) is 4.74 Å². The SMILES string of the molecule is CCC(C)OC(=O)c1ccc(Br)c(C(=O)O)c1. The van der Waals surface area contributed by atoms with E-state index < -0.39 is 11.9 Å². The Hall–Kier alpha value is -1.36. The number of esters is 1. The molecule has 0 fully saturated rings. The van der Waals surface area contributed by atoms with E-state index in [9.17, 15) is 9.59 Å². The highest BCUT2D eigenvalue weighted by atomic mass is 79.9. The molecular weight excluding hydrogens is 288 g/mol. The Bertz CT molecular complexity index is 442. The van der Waals surface area contributed by atoms with Gasteiger partial charge in [-0.3, -0.25) is 0 Å². The first kappa shape index (κ1) is 13.7. The Kier molecular flexibility index (Phi) is 4.69. The Balaban J connectivity index is 2.96. The van der Waals surface area contributed by atoms with Crippen LogP contribution in [0.25, 0.3) is 0 Å². The van der Waals surface area contributed by atoms with E-state index in [1.54, 1.807) is 6.92 Å². The number of hydrogen-bond acceptors (Lipinski definition) is 3. The number of benzene rings is 1. The van der Waals surface area contributed by atoms with Crippen LogP contribution in [0.1, 0.15) is 41.0 Å². The summed E-state index contributed by atoms with van der Waals surface area (Å²) in [4.78, 5) is 22.6. The van der Waals surface area contributed by atoms with Gasteiger partial charge in [0.1, 0.15) is 0 Å². The van der Waals surface area contributed by atoms with Gasteiger partial charge in [-0.1, -0.05) is 6.92 Å². The van der Waals surface area contributed by atoms with Gasteiger partial charge in [-0.2, -0.15) is 0 Å². The molecular formula is C12H13BrO4. The third-order valence-electron chi connectivity index (χ3n) is 2.32. The molecule has 1 N–H and O–H groups in total. The van der Waals surface area contributed by atoms with Gasteiger partial charge in [-0.05, 0) is 47.5 Å². The number of halogens is 1. The van der Waals surface area contributed by atoms with Crippen LogP contribution in [0, 0.1) is 0 Å². The Morgan fingerprint density at radius 2 is 2.12 bits per heavy atom. The third kappa shape index (κ3) is 3.56. The molecule has 1 unspecified atom stereocenters. The van der Waals surface area contributed by atoms with E-state index in [1.165, 1.54) is 18.2 Å². The topological polar surface area (TPSA) is 63.6 Å². The van der Waals surface area contributed by atoms with Crippen molar-refractivity contribution in [2.75, 3.05) is 0 Å². The van der Waals surface area contributed by atoms with Crippen LogP contribution < -0.4 is 0 Å². The summed E-state index contributed by atoms with van der Waals surface area (Å²) < 4.78 is 5.55. The van der Waals surface area contributed by atoms with Gasteiger partial charge in [-0.25, -0.2) is 9.59 Å². The average Bonchev–Trinajstić information content (AvgIpc) is 2.28. The van der Waals surface area contributed by atoms with Crippen LogP contribution in [-0.4, -0.2) is 23.1 Å². The second-order valence-corrected chi connectivity index (χ2v) is 4.48. The monoisotopic (exact) mass is 300 g/mol. The fourth-order valence-electron chi connectivity index (χ4n) is 1.15. The van der Waals surface area contributed by atoms with Crippen molar-refractivity contribution in [3.05, 3.63) is 33.8 Å². The highest BCUT2D eigenvalue weighted by Crippen LogP contribution is 2.19. The van der Waals surface area contributed by atoms with Gasteiger partial charge in [0.05, 0.1) is 17.2 Å². The van der Waals surface area contributed by atoms with Crippen LogP contribution in [0.5, 0.6) is 0 Å². The molecule has 0 heterocycles. The molecule has 0 aromatic heterocycles. The highest BCUT2D eigenvalue weighted by molar-refractivity contribution is 9.10. The summed E-state index contributed by atoms with van der Waals surface area (Å²) in [6.07, 6.45) is 0.535. The minimum atomic E-state index is -1.09. The maximum Gasteiger partial charge on any atom is 0.338 e. The van der Waals surface area contributed by atoms with E-state index in [0.29, 0.717) is 10.9 Å². The molecule has 92 valence electrons. The van der Waals surface area contributed by atoms with Crippen LogP contribution >= 0.6 is 15.9 Å². The standard InChI is InChI=1S/C12H13BrO4/c1-3-7(2)17-12(16)8-4-5-10(13)9(6-8)11(14)15/h4-7H,3H2,1-2H3,(H,14,15). The van der Waals surface area contributed by atoms with Crippen molar-refractivity contribution in [2.45, 2.75) is 26.4 Å². The largest absolute Gasteiger partial charge is 0.478 e. The Morgan fingerprint density at radius 3 is 2.65 bits per heavy atom. The third-order valence-corrected chi connectivity index (χ3v) is 3.01. The van der Waals surface area contributed by atoms with Gasteiger partial charge in [0.2, 0.25) is 0 Å². The van der Waals surface area contributed by atoms with Gasteiger partial charge in [0, 0.05) is 4.47 Å². The second-order valence-electron chi connectivity index (χ2n) is 3.62. The summed E-state index contributed by atoms with van der Waals surface area (Å²) in [6.45, 7) is 3.69. The molecule has 0 radical (unpaired) electrons.